The summed E-state index contributed by atoms with van der Waals surface area (Å²) in [7, 11) is 1.61. The Morgan fingerprint density at radius 1 is 1.27 bits per heavy atom. The monoisotopic (exact) mass is 474 g/mol. The number of ketones is 1. The van der Waals surface area contributed by atoms with Gasteiger partial charge in [0.1, 0.15) is 18.7 Å². The number of alkyl halides is 1. The lowest BCUT2D eigenvalue weighted by atomic mass is 9.74. The van der Waals surface area contributed by atoms with E-state index in [9.17, 15) is 4.79 Å². The molecule has 146 valence electrons. The quantitative estimate of drug-likeness (QED) is 0.240. The van der Waals surface area contributed by atoms with Gasteiger partial charge in [-0.15, -0.1) is 0 Å². The van der Waals surface area contributed by atoms with Crippen molar-refractivity contribution in [2.75, 3.05) is 24.9 Å². The number of fused-ring (bicyclic) bond motifs is 3. The summed E-state index contributed by atoms with van der Waals surface area (Å²) in [5.74, 6) is 1.51. The minimum Gasteiger partial charge on any atom is -0.497 e. The molecule has 1 saturated carbocycles. The number of halogens is 1. The van der Waals surface area contributed by atoms with Gasteiger partial charge in [-0.3, -0.25) is 4.79 Å². The molecule has 0 aliphatic heterocycles. The van der Waals surface area contributed by atoms with Crippen LogP contribution >= 0.6 is 22.6 Å². The van der Waals surface area contributed by atoms with Crippen molar-refractivity contribution in [1.29, 1.82) is 0 Å². The van der Waals surface area contributed by atoms with E-state index in [0.29, 0.717) is 6.61 Å². The second-order valence-electron chi connectivity index (χ2n) is 8.15. The highest BCUT2D eigenvalue weighted by molar-refractivity contribution is 14.1. The Hall–Kier alpha value is -0.400. The van der Waals surface area contributed by atoms with E-state index >= 15 is 0 Å². The molecule has 0 saturated heterocycles. The first kappa shape index (κ1) is 20.3. The Labute approximate surface area is 170 Å². The van der Waals surface area contributed by atoms with Gasteiger partial charge in [0, 0.05) is 29.4 Å². The van der Waals surface area contributed by atoms with Gasteiger partial charge in [0.05, 0.1) is 6.61 Å². The van der Waals surface area contributed by atoms with Crippen molar-refractivity contribution in [3.05, 3.63) is 23.0 Å². The minimum atomic E-state index is -0.442. The van der Waals surface area contributed by atoms with Gasteiger partial charge < -0.3 is 14.2 Å². The molecule has 3 atom stereocenters. The maximum atomic E-state index is 13.7. The second kappa shape index (κ2) is 8.74. The van der Waals surface area contributed by atoms with Gasteiger partial charge in [-0.05, 0) is 43.4 Å². The van der Waals surface area contributed by atoms with Gasteiger partial charge >= 0.3 is 0 Å². The Kier molecular flexibility index (Phi) is 6.83. The van der Waals surface area contributed by atoms with Crippen molar-refractivity contribution in [3.63, 3.8) is 0 Å². The minimum absolute atomic E-state index is 0.00858. The number of methoxy groups -OCH3 is 1. The van der Waals surface area contributed by atoms with Crippen LogP contribution in [0.1, 0.15) is 52.4 Å². The topological polar surface area (TPSA) is 44.8 Å². The molecular weight excluding hydrogens is 443 g/mol. The highest BCUT2D eigenvalue weighted by Gasteiger charge is 2.48. The molecule has 5 heteroatoms. The number of ether oxygens (including phenoxy) is 3. The largest absolute Gasteiger partial charge is 0.497 e. The van der Waals surface area contributed by atoms with E-state index in [1.54, 1.807) is 7.11 Å². The lowest BCUT2D eigenvalue weighted by Crippen LogP contribution is -2.41. The molecule has 0 amide bonds. The summed E-state index contributed by atoms with van der Waals surface area (Å²) in [6.07, 6.45) is 8.02. The second-order valence-corrected chi connectivity index (χ2v) is 9.23. The molecule has 3 aliphatic rings. The molecular formula is C21H31IO4. The molecule has 0 spiro atoms. The van der Waals surface area contributed by atoms with Crippen molar-refractivity contribution in [1.82, 2.24) is 0 Å². The zero-order valence-corrected chi connectivity index (χ0v) is 18.3. The Balaban J connectivity index is 2.03. The van der Waals surface area contributed by atoms with Gasteiger partial charge in [-0.2, -0.15) is 0 Å². The number of allylic oxidation sites excluding steroid dienone is 3. The van der Waals surface area contributed by atoms with Crippen LogP contribution < -0.4 is 0 Å². The zero-order chi connectivity index (χ0) is 18.7. The average molecular weight is 474 g/mol. The maximum Gasteiger partial charge on any atom is 0.191 e. The fraction of sp³-hybridized carbons (Fsp3) is 0.762. The summed E-state index contributed by atoms with van der Waals surface area (Å²) >= 11 is 2.32. The van der Waals surface area contributed by atoms with E-state index in [0.717, 1.165) is 54.3 Å². The van der Waals surface area contributed by atoms with E-state index in [-0.39, 0.29) is 29.8 Å². The standard InChI is InChI=1S/C21H31IO4/c1-21(2)15-8-7-14-5-4-6-17(25-12-11-22)18(14)19(23)20(26-13-24-3)16(21)10-9-15/h8,14,16,20H,4-7,9-13H2,1-3H3/b15-8+/t14-,16-,20-/m1/s1. The summed E-state index contributed by atoms with van der Waals surface area (Å²) < 4.78 is 18.1. The van der Waals surface area contributed by atoms with Crippen molar-refractivity contribution in [2.24, 2.45) is 17.3 Å². The number of carbonyl (C=O) groups is 1. The van der Waals surface area contributed by atoms with Crippen LogP contribution in [-0.4, -0.2) is 36.8 Å². The molecule has 2 bridgehead atoms. The first-order valence-corrected chi connectivity index (χ1v) is 11.3. The molecule has 1 fully saturated rings. The molecule has 0 aromatic carbocycles. The van der Waals surface area contributed by atoms with Crippen LogP contribution in [0.4, 0.5) is 0 Å². The van der Waals surface area contributed by atoms with Crippen LogP contribution in [0, 0.1) is 17.3 Å². The molecule has 3 rings (SSSR count). The highest BCUT2D eigenvalue weighted by Crippen LogP contribution is 2.52. The summed E-state index contributed by atoms with van der Waals surface area (Å²) in [5, 5.41) is 0. The Morgan fingerprint density at radius 2 is 2.08 bits per heavy atom. The molecule has 3 aliphatic carbocycles. The van der Waals surface area contributed by atoms with Crippen LogP contribution in [0.25, 0.3) is 0 Å². The number of carbonyl (C=O) groups excluding carboxylic acids is 1. The summed E-state index contributed by atoms with van der Waals surface area (Å²) in [5.41, 5.74) is 2.39. The summed E-state index contributed by atoms with van der Waals surface area (Å²) in [4.78, 5) is 13.7. The first-order chi connectivity index (χ1) is 12.5. The fourth-order valence-corrected chi connectivity index (χ4v) is 5.20. The van der Waals surface area contributed by atoms with Gasteiger partial charge in [0.2, 0.25) is 0 Å². The van der Waals surface area contributed by atoms with Crippen LogP contribution in [0.3, 0.4) is 0 Å². The van der Waals surface area contributed by atoms with Crippen LogP contribution in [0.15, 0.2) is 23.0 Å². The smallest absolute Gasteiger partial charge is 0.191 e. The molecule has 0 N–H and O–H groups in total. The predicted molar refractivity (Wildman–Crippen MR) is 110 cm³/mol. The maximum absolute atomic E-state index is 13.7. The molecule has 4 nitrogen and oxygen atoms in total. The Bertz CT molecular complexity index is 593. The zero-order valence-electron chi connectivity index (χ0n) is 16.2. The van der Waals surface area contributed by atoms with E-state index in [4.69, 9.17) is 14.2 Å². The van der Waals surface area contributed by atoms with E-state index in [2.05, 4.69) is 42.5 Å². The first-order valence-electron chi connectivity index (χ1n) is 9.76. The van der Waals surface area contributed by atoms with Crippen molar-refractivity contribution < 1.29 is 19.0 Å². The number of hydrogen-bond acceptors (Lipinski definition) is 4. The molecule has 0 unspecified atom stereocenters. The van der Waals surface area contributed by atoms with E-state index in [1.165, 1.54) is 5.57 Å². The van der Waals surface area contributed by atoms with Crippen molar-refractivity contribution >= 4 is 28.4 Å². The van der Waals surface area contributed by atoms with Crippen LogP contribution in [0.2, 0.25) is 0 Å². The average Bonchev–Trinajstić information content (AvgIpc) is 2.93. The lowest BCUT2D eigenvalue weighted by molar-refractivity contribution is -0.146. The number of rotatable bonds is 6. The lowest BCUT2D eigenvalue weighted by Gasteiger charge is -2.35. The van der Waals surface area contributed by atoms with Crippen LogP contribution in [0.5, 0.6) is 0 Å². The number of hydrogen-bond donors (Lipinski definition) is 0. The SMILES string of the molecule is COCO[C@H]1C(=O)C2=C(OCCI)CCC[C@@H]2C/C=C2\CC[C@H]1C2(C)C. The summed E-state index contributed by atoms with van der Waals surface area (Å²) in [6, 6.07) is 0. The van der Waals surface area contributed by atoms with Crippen molar-refractivity contribution in [2.45, 2.75) is 58.5 Å². The van der Waals surface area contributed by atoms with E-state index < -0.39 is 6.10 Å². The third-order valence-corrected chi connectivity index (χ3v) is 6.84. The third-order valence-electron chi connectivity index (χ3n) is 6.40. The van der Waals surface area contributed by atoms with E-state index in [1.807, 2.05) is 0 Å². The van der Waals surface area contributed by atoms with Gasteiger partial charge in [0.25, 0.3) is 0 Å². The van der Waals surface area contributed by atoms with Crippen LogP contribution in [-0.2, 0) is 19.0 Å². The summed E-state index contributed by atoms with van der Waals surface area (Å²) in [6.45, 7) is 5.36. The highest BCUT2D eigenvalue weighted by atomic mass is 127. The molecule has 26 heavy (non-hydrogen) atoms. The molecule has 0 radical (unpaired) electrons. The molecule has 0 aromatic heterocycles. The van der Waals surface area contributed by atoms with Gasteiger partial charge in [0.15, 0.2) is 5.78 Å². The number of Topliss-reactive ketones (excluding diaryl/α,β-unsaturated/α-hetero) is 1. The molecule has 0 aromatic rings. The normalized spacial score (nSPS) is 33.0. The Morgan fingerprint density at radius 3 is 2.81 bits per heavy atom. The molecule has 0 heterocycles. The third kappa shape index (κ3) is 3.90. The van der Waals surface area contributed by atoms with Gasteiger partial charge in [-0.25, -0.2) is 0 Å². The van der Waals surface area contributed by atoms with Gasteiger partial charge in [-0.1, -0.05) is 48.1 Å². The fourth-order valence-electron chi connectivity index (χ4n) is 4.98. The predicted octanol–water partition coefficient (Wildman–Crippen LogP) is 4.82. The van der Waals surface area contributed by atoms with Crippen molar-refractivity contribution in [3.8, 4) is 0 Å².